The van der Waals surface area contributed by atoms with Gasteiger partial charge in [0, 0.05) is 58.3 Å². The summed E-state index contributed by atoms with van der Waals surface area (Å²) in [6.07, 6.45) is 1.16. The van der Waals surface area contributed by atoms with Crippen LogP contribution in [0.2, 0.25) is 0 Å². The zero-order valence-corrected chi connectivity index (χ0v) is 19.3. The van der Waals surface area contributed by atoms with Gasteiger partial charge in [0.2, 0.25) is 5.91 Å². The minimum Gasteiger partial charge on any atom is -0.490 e. The van der Waals surface area contributed by atoms with Gasteiger partial charge in [-0.2, -0.15) is 0 Å². The zero-order valence-electron chi connectivity index (χ0n) is 19.3. The fourth-order valence-corrected chi connectivity index (χ4v) is 3.33. The number of rotatable bonds is 9. The number of benzene rings is 1. The maximum atomic E-state index is 11.5. The van der Waals surface area contributed by atoms with Crippen molar-refractivity contribution in [2.24, 2.45) is 4.99 Å². The lowest BCUT2D eigenvalue weighted by Crippen LogP contribution is -2.50. The Kier molecular flexibility index (Phi) is 9.94. The number of aryl methyl sites for hydroxylation is 1. The number of guanidine groups is 1. The molecule has 1 saturated heterocycles. The number of ether oxygens (including phenoxy) is 1. The van der Waals surface area contributed by atoms with Gasteiger partial charge in [-0.1, -0.05) is 19.1 Å². The van der Waals surface area contributed by atoms with Crippen LogP contribution in [-0.4, -0.2) is 73.6 Å². The van der Waals surface area contributed by atoms with Gasteiger partial charge in [0.05, 0.1) is 12.6 Å². The van der Waals surface area contributed by atoms with Gasteiger partial charge in [0.15, 0.2) is 5.96 Å². The Morgan fingerprint density at radius 1 is 1.20 bits per heavy atom. The van der Waals surface area contributed by atoms with Crippen molar-refractivity contribution in [1.82, 2.24) is 20.4 Å². The molecule has 168 valence electrons. The van der Waals surface area contributed by atoms with E-state index in [2.05, 4.69) is 61.4 Å². The highest BCUT2D eigenvalue weighted by molar-refractivity contribution is 5.79. The standard InChI is InChI=1S/C23H39N5O2/c1-6-19(4)30-22-16-18(3)8-9-21(22)17-26-23(24-7-2)25-10-11-27-12-14-28(15-13-27)20(5)29/h8-9,16,19H,6-7,10-15,17H2,1-5H3,(H2,24,25,26). The Hall–Kier alpha value is -2.28. The Morgan fingerprint density at radius 3 is 2.57 bits per heavy atom. The number of nitrogens with one attached hydrogen (secondary N) is 2. The number of carbonyl (C=O) groups is 1. The highest BCUT2D eigenvalue weighted by Crippen LogP contribution is 2.23. The van der Waals surface area contributed by atoms with Crippen LogP contribution in [-0.2, 0) is 11.3 Å². The molecule has 1 fully saturated rings. The van der Waals surface area contributed by atoms with Crippen molar-refractivity contribution >= 4 is 11.9 Å². The number of carbonyl (C=O) groups excluding carboxylic acids is 1. The maximum absolute atomic E-state index is 11.5. The molecule has 1 aliphatic heterocycles. The highest BCUT2D eigenvalue weighted by Gasteiger charge is 2.18. The highest BCUT2D eigenvalue weighted by atomic mass is 16.5. The Balaban J connectivity index is 1.89. The normalized spacial score (nSPS) is 16.3. The molecule has 0 saturated carbocycles. The molecular formula is C23H39N5O2. The van der Waals surface area contributed by atoms with E-state index >= 15 is 0 Å². The molecule has 0 radical (unpaired) electrons. The number of piperazine rings is 1. The molecule has 7 nitrogen and oxygen atoms in total. The molecular weight excluding hydrogens is 378 g/mol. The Bertz CT molecular complexity index is 699. The van der Waals surface area contributed by atoms with Gasteiger partial charge in [-0.3, -0.25) is 9.69 Å². The summed E-state index contributed by atoms with van der Waals surface area (Å²) in [6, 6.07) is 6.31. The molecule has 0 spiro atoms. The molecule has 7 heteroatoms. The van der Waals surface area contributed by atoms with Gasteiger partial charge in [-0.25, -0.2) is 4.99 Å². The molecule has 1 atom stereocenters. The first-order chi connectivity index (χ1) is 14.4. The molecule has 1 unspecified atom stereocenters. The molecule has 0 aliphatic carbocycles. The minimum atomic E-state index is 0.169. The molecule has 1 aromatic carbocycles. The zero-order chi connectivity index (χ0) is 21.9. The lowest BCUT2D eigenvalue weighted by molar-refractivity contribution is -0.130. The van der Waals surface area contributed by atoms with Crippen molar-refractivity contribution in [2.75, 3.05) is 45.8 Å². The Labute approximate surface area is 181 Å². The average Bonchev–Trinajstić information content (AvgIpc) is 2.73. The molecule has 30 heavy (non-hydrogen) atoms. The molecule has 1 aromatic rings. The third-order valence-corrected chi connectivity index (χ3v) is 5.42. The predicted molar refractivity (Wildman–Crippen MR) is 123 cm³/mol. The third kappa shape index (κ3) is 7.86. The first-order valence-corrected chi connectivity index (χ1v) is 11.2. The van der Waals surface area contributed by atoms with Gasteiger partial charge < -0.3 is 20.3 Å². The molecule has 0 aromatic heterocycles. The number of hydrogen-bond donors (Lipinski definition) is 2. The molecule has 1 heterocycles. The summed E-state index contributed by atoms with van der Waals surface area (Å²) < 4.78 is 6.11. The van der Waals surface area contributed by atoms with Crippen molar-refractivity contribution < 1.29 is 9.53 Å². The third-order valence-electron chi connectivity index (χ3n) is 5.42. The van der Waals surface area contributed by atoms with Crippen molar-refractivity contribution in [3.8, 4) is 5.75 Å². The lowest BCUT2D eigenvalue weighted by atomic mass is 10.1. The van der Waals surface area contributed by atoms with Crippen LogP contribution in [0.5, 0.6) is 5.75 Å². The van der Waals surface area contributed by atoms with Gasteiger partial charge in [-0.05, 0) is 38.8 Å². The SMILES string of the molecule is CCNC(=NCc1ccc(C)cc1OC(C)CC)NCCN1CCN(C(C)=O)CC1. The van der Waals surface area contributed by atoms with Crippen molar-refractivity contribution in [2.45, 2.75) is 53.7 Å². The summed E-state index contributed by atoms with van der Waals surface area (Å²) in [5, 5.41) is 6.75. The van der Waals surface area contributed by atoms with E-state index in [0.717, 1.165) is 69.5 Å². The van der Waals surface area contributed by atoms with E-state index < -0.39 is 0 Å². The van der Waals surface area contributed by atoms with E-state index in [1.165, 1.54) is 5.56 Å². The van der Waals surface area contributed by atoms with Crippen LogP contribution in [0.3, 0.4) is 0 Å². The van der Waals surface area contributed by atoms with Crippen LogP contribution < -0.4 is 15.4 Å². The van der Waals surface area contributed by atoms with Crippen molar-refractivity contribution in [3.05, 3.63) is 29.3 Å². The van der Waals surface area contributed by atoms with E-state index in [9.17, 15) is 4.79 Å². The van der Waals surface area contributed by atoms with Crippen molar-refractivity contribution in [1.29, 1.82) is 0 Å². The monoisotopic (exact) mass is 417 g/mol. The topological polar surface area (TPSA) is 69.2 Å². The summed E-state index contributed by atoms with van der Waals surface area (Å²) >= 11 is 0. The largest absolute Gasteiger partial charge is 0.490 e. The van der Waals surface area contributed by atoms with Gasteiger partial charge in [0.1, 0.15) is 5.75 Å². The summed E-state index contributed by atoms with van der Waals surface area (Å²) in [7, 11) is 0. The maximum Gasteiger partial charge on any atom is 0.219 e. The molecule has 2 rings (SSSR count). The summed E-state index contributed by atoms with van der Waals surface area (Å²) in [5.74, 6) is 1.91. The second-order valence-electron chi connectivity index (χ2n) is 7.92. The van der Waals surface area contributed by atoms with Crippen LogP contribution in [0.15, 0.2) is 23.2 Å². The van der Waals surface area contributed by atoms with E-state index in [4.69, 9.17) is 9.73 Å². The number of aliphatic imine (C=N–C) groups is 1. The van der Waals surface area contributed by atoms with Crippen LogP contribution in [0.1, 0.15) is 45.2 Å². The van der Waals surface area contributed by atoms with Crippen LogP contribution >= 0.6 is 0 Å². The smallest absolute Gasteiger partial charge is 0.219 e. The van der Waals surface area contributed by atoms with Gasteiger partial charge in [0.25, 0.3) is 0 Å². The fourth-order valence-electron chi connectivity index (χ4n) is 3.33. The first kappa shape index (κ1) is 24.0. The van der Waals surface area contributed by atoms with Crippen LogP contribution in [0, 0.1) is 6.92 Å². The summed E-state index contributed by atoms with van der Waals surface area (Å²) in [5.41, 5.74) is 2.29. The second-order valence-corrected chi connectivity index (χ2v) is 7.92. The molecule has 1 aliphatic rings. The quantitative estimate of drug-likeness (QED) is 0.477. The van der Waals surface area contributed by atoms with E-state index in [1.807, 2.05) is 4.90 Å². The number of amides is 1. The predicted octanol–water partition coefficient (Wildman–Crippen LogP) is 2.39. The summed E-state index contributed by atoms with van der Waals surface area (Å²) in [4.78, 5) is 20.5. The van der Waals surface area contributed by atoms with E-state index in [-0.39, 0.29) is 12.0 Å². The molecule has 2 N–H and O–H groups in total. The lowest BCUT2D eigenvalue weighted by Gasteiger charge is -2.34. The summed E-state index contributed by atoms with van der Waals surface area (Å²) in [6.45, 7) is 16.6. The second kappa shape index (κ2) is 12.4. The number of nitrogens with zero attached hydrogens (tertiary/aromatic N) is 3. The fraction of sp³-hybridized carbons (Fsp3) is 0.652. The van der Waals surface area contributed by atoms with E-state index in [1.54, 1.807) is 6.92 Å². The van der Waals surface area contributed by atoms with Crippen molar-refractivity contribution in [3.63, 3.8) is 0 Å². The average molecular weight is 418 g/mol. The van der Waals surface area contributed by atoms with E-state index in [0.29, 0.717) is 6.54 Å². The van der Waals surface area contributed by atoms with Gasteiger partial charge >= 0.3 is 0 Å². The van der Waals surface area contributed by atoms with Crippen LogP contribution in [0.25, 0.3) is 0 Å². The van der Waals surface area contributed by atoms with Gasteiger partial charge in [-0.15, -0.1) is 0 Å². The molecule has 0 bridgehead atoms. The number of hydrogen-bond acceptors (Lipinski definition) is 4. The van der Waals surface area contributed by atoms with Crippen LogP contribution in [0.4, 0.5) is 0 Å². The Morgan fingerprint density at radius 2 is 1.93 bits per heavy atom. The first-order valence-electron chi connectivity index (χ1n) is 11.2. The molecule has 1 amide bonds. The minimum absolute atomic E-state index is 0.169.